The van der Waals surface area contributed by atoms with Crippen LogP contribution >= 0.6 is 23.2 Å². The number of nitrogens with one attached hydrogen (secondary N) is 3. The van der Waals surface area contributed by atoms with Crippen LogP contribution in [0.5, 0.6) is 0 Å². The summed E-state index contributed by atoms with van der Waals surface area (Å²) in [4.78, 5) is 35.7. The molecule has 0 spiro atoms. The number of amides is 3. The first-order valence-corrected chi connectivity index (χ1v) is 8.87. The molecule has 27 heavy (non-hydrogen) atoms. The van der Waals surface area contributed by atoms with E-state index in [0.717, 1.165) is 5.76 Å². The summed E-state index contributed by atoms with van der Waals surface area (Å²) in [6.45, 7) is 3.07. The highest BCUT2D eigenvalue weighted by molar-refractivity contribution is 6.36. The van der Waals surface area contributed by atoms with Crippen LogP contribution in [0.2, 0.25) is 10.0 Å². The van der Waals surface area contributed by atoms with E-state index in [4.69, 9.17) is 27.6 Å². The quantitative estimate of drug-likeness (QED) is 0.651. The Bertz CT molecular complexity index is 851. The van der Waals surface area contributed by atoms with E-state index < -0.39 is 11.8 Å². The molecule has 1 aromatic heterocycles. The second kappa shape index (κ2) is 9.43. The summed E-state index contributed by atoms with van der Waals surface area (Å²) < 4.78 is 5.43. The molecule has 2 aromatic rings. The molecular weight excluding hydrogens is 393 g/mol. The van der Waals surface area contributed by atoms with Crippen molar-refractivity contribution in [2.75, 3.05) is 13.1 Å². The average molecular weight is 412 g/mol. The van der Waals surface area contributed by atoms with Gasteiger partial charge >= 0.3 is 0 Å². The number of carbonyl (C=O) groups excluding carboxylic acids is 3. The molecule has 0 saturated heterocycles. The van der Waals surface area contributed by atoms with Crippen molar-refractivity contribution >= 4 is 40.9 Å². The summed E-state index contributed by atoms with van der Waals surface area (Å²) in [6, 6.07) is 7.67. The number of carbonyl (C=O) groups is 3. The molecule has 1 atom stereocenters. The molecule has 9 heteroatoms. The number of benzene rings is 1. The number of aryl methyl sites for hydroxylation is 1. The summed E-state index contributed by atoms with van der Waals surface area (Å²) in [6.07, 6.45) is 0. The van der Waals surface area contributed by atoms with Crippen LogP contribution in [0.4, 0.5) is 0 Å². The number of halogens is 2. The van der Waals surface area contributed by atoms with Crippen LogP contribution in [0, 0.1) is 6.92 Å². The molecule has 0 radical (unpaired) electrons. The molecule has 3 amide bonds. The van der Waals surface area contributed by atoms with Crippen LogP contribution in [0.1, 0.15) is 34.8 Å². The summed E-state index contributed by atoms with van der Waals surface area (Å²) in [7, 11) is 0. The molecule has 0 saturated carbocycles. The number of hydrogen-bond acceptors (Lipinski definition) is 4. The van der Waals surface area contributed by atoms with Gasteiger partial charge in [0, 0.05) is 5.02 Å². The standard InChI is InChI=1S/C18H19Cl2N3O4/c1-10-3-6-15(27-10)11(2)23-17(25)9-21-16(24)8-22-18(26)13-5-4-12(19)7-14(13)20/h3-7,11H,8-9H2,1-2H3,(H,21,24)(H,22,26)(H,23,25). The van der Waals surface area contributed by atoms with E-state index in [9.17, 15) is 14.4 Å². The van der Waals surface area contributed by atoms with E-state index >= 15 is 0 Å². The zero-order valence-electron chi connectivity index (χ0n) is 14.8. The maximum absolute atomic E-state index is 12.0. The van der Waals surface area contributed by atoms with Crippen molar-refractivity contribution in [1.29, 1.82) is 0 Å². The molecule has 1 heterocycles. The van der Waals surface area contributed by atoms with E-state index in [2.05, 4.69) is 16.0 Å². The summed E-state index contributed by atoms with van der Waals surface area (Å²) in [5, 5.41) is 8.14. The fraction of sp³-hybridized carbons (Fsp3) is 0.278. The number of hydrogen-bond donors (Lipinski definition) is 3. The predicted molar refractivity (Wildman–Crippen MR) is 102 cm³/mol. The molecule has 0 aliphatic heterocycles. The van der Waals surface area contributed by atoms with E-state index in [1.807, 2.05) is 6.92 Å². The molecule has 0 bridgehead atoms. The van der Waals surface area contributed by atoms with Crippen LogP contribution < -0.4 is 16.0 Å². The molecule has 7 nitrogen and oxygen atoms in total. The minimum Gasteiger partial charge on any atom is -0.464 e. The van der Waals surface area contributed by atoms with Crippen molar-refractivity contribution in [1.82, 2.24) is 16.0 Å². The van der Waals surface area contributed by atoms with E-state index in [1.54, 1.807) is 19.1 Å². The summed E-state index contributed by atoms with van der Waals surface area (Å²) >= 11 is 11.7. The van der Waals surface area contributed by atoms with Crippen molar-refractivity contribution in [2.45, 2.75) is 19.9 Å². The minimum atomic E-state index is -0.516. The first-order chi connectivity index (χ1) is 12.8. The van der Waals surface area contributed by atoms with Gasteiger partial charge in [-0.15, -0.1) is 0 Å². The Balaban J connectivity index is 1.73. The van der Waals surface area contributed by atoms with Gasteiger partial charge in [-0.1, -0.05) is 23.2 Å². The third kappa shape index (κ3) is 6.30. The fourth-order valence-electron chi connectivity index (χ4n) is 2.22. The van der Waals surface area contributed by atoms with Crippen molar-refractivity contribution in [3.8, 4) is 0 Å². The Morgan fingerprint density at radius 3 is 2.37 bits per heavy atom. The Kier molecular flexibility index (Phi) is 7.27. The predicted octanol–water partition coefficient (Wildman–Crippen LogP) is 2.62. The lowest BCUT2D eigenvalue weighted by Crippen LogP contribution is -2.42. The highest BCUT2D eigenvalue weighted by Gasteiger charge is 2.15. The Labute approximate surface area is 166 Å². The van der Waals surface area contributed by atoms with E-state index in [-0.39, 0.29) is 35.6 Å². The Hall–Kier alpha value is -2.51. The lowest BCUT2D eigenvalue weighted by molar-refractivity contribution is -0.126. The van der Waals surface area contributed by atoms with Gasteiger partial charge in [0.2, 0.25) is 11.8 Å². The minimum absolute atomic E-state index is 0.182. The first kappa shape index (κ1) is 20.8. The monoisotopic (exact) mass is 411 g/mol. The largest absolute Gasteiger partial charge is 0.464 e. The van der Waals surface area contributed by atoms with Crippen LogP contribution in [-0.2, 0) is 9.59 Å². The normalized spacial score (nSPS) is 11.6. The number of rotatable bonds is 7. The Morgan fingerprint density at radius 2 is 1.74 bits per heavy atom. The third-order valence-corrected chi connectivity index (χ3v) is 4.14. The van der Waals surface area contributed by atoms with Gasteiger partial charge < -0.3 is 20.4 Å². The summed E-state index contributed by atoms with van der Waals surface area (Å²) in [5.74, 6) is -0.0321. The highest BCUT2D eigenvalue weighted by atomic mass is 35.5. The number of furan rings is 1. The van der Waals surface area contributed by atoms with Crippen molar-refractivity contribution in [2.24, 2.45) is 0 Å². The zero-order valence-corrected chi connectivity index (χ0v) is 16.3. The molecule has 3 N–H and O–H groups in total. The highest BCUT2D eigenvalue weighted by Crippen LogP contribution is 2.20. The molecule has 1 unspecified atom stereocenters. The van der Waals surface area contributed by atoms with Crippen LogP contribution in [0.25, 0.3) is 0 Å². The van der Waals surface area contributed by atoms with Gasteiger partial charge in [-0.05, 0) is 44.2 Å². The van der Waals surface area contributed by atoms with Gasteiger partial charge in [-0.2, -0.15) is 0 Å². The summed E-state index contributed by atoms with van der Waals surface area (Å²) in [5.41, 5.74) is 0.203. The lowest BCUT2D eigenvalue weighted by atomic mass is 10.2. The van der Waals surface area contributed by atoms with Crippen molar-refractivity contribution < 1.29 is 18.8 Å². The SMILES string of the molecule is Cc1ccc(C(C)NC(=O)CNC(=O)CNC(=O)c2ccc(Cl)cc2Cl)o1. The van der Waals surface area contributed by atoms with Gasteiger partial charge in [0.25, 0.3) is 5.91 Å². The smallest absolute Gasteiger partial charge is 0.253 e. The fourth-order valence-corrected chi connectivity index (χ4v) is 2.71. The van der Waals surface area contributed by atoms with E-state index in [1.165, 1.54) is 18.2 Å². The Morgan fingerprint density at radius 1 is 1.04 bits per heavy atom. The first-order valence-electron chi connectivity index (χ1n) is 8.12. The molecule has 144 valence electrons. The topological polar surface area (TPSA) is 100 Å². The van der Waals surface area contributed by atoms with E-state index in [0.29, 0.717) is 10.8 Å². The van der Waals surface area contributed by atoms with Crippen LogP contribution in [0.15, 0.2) is 34.7 Å². The molecule has 1 aromatic carbocycles. The maximum Gasteiger partial charge on any atom is 0.253 e. The van der Waals surface area contributed by atoms with Crippen LogP contribution in [-0.4, -0.2) is 30.8 Å². The van der Waals surface area contributed by atoms with Crippen molar-refractivity contribution in [3.05, 3.63) is 57.5 Å². The van der Waals surface area contributed by atoms with Gasteiger partial charge in [-0.25, -0.2) is 0 Å². The molecular formula is C18H19Cl2N3O4. The van der Waals surface area contributed by atoms with Gasteiger partial charge in [0.05, 0.1) is 29.7 Å². The molecule has 2 rings (SSSR count). The van der Waals surface area contributed by atoms with Gasteiger partial charge in [0.1, 0.15) is 11.5 Å². The molecule has 0 aliphatic carbocycles. The van der Waals surface area contributed by atoms with Gasteiger partial charge in [-0.3, -0.25) is 14.4 Å². The van der Waals surface area contributed by atoms with Crippen LogP contribution in [0.3, 0.4) is 0 Å². The second-order valence-corrected chi connectivity index (χ2v) is 6.66. The molecule has 0 aliphatic rings. The molecule has 0 fully saturated rings. The second-order valence-electron chi connectivity index (χ2n) is 5.82. The third-order valence-electron chi connectivity index (χ3n) is 3.60. The lowest BCUT2D eigenvalue weighted by Gasteiger charge is -2.12. The van der Waals surface area contributed by atoms with Crippen molar-refractivity contribution in [3.63, 3.8) is 0 Å². The maximum atomic E-state index is 12.0. The zero-order chi connectivity index (χ0) is 20.0. The average Bonchev–Trinajstić information content (AvgIpc) is 3.04. The van der Waals surface area contributed by atoms with Gasteiger partial charge in [0.15, 0.2) is 0 Å².